The van der Waals surface area contributed by atoms with Crippen molar-refractivity contribution in [1.82, 2.24) is 4.90 Å². The number of thioether (sulfide) groups is 1. The van der Waals surface area contributed by atoms with E-state index in [0.717, 1.165) is 26.7 Å². The normalized spacial score (nSPS) is 18.0. The van der Waals surface area contributed by atoms with Gasteiger partial charge in [0.1, 0.15) is 6.04 Å². The van der Waals surface area contributed by atoms with Crippen molar-refractivity contribution in [2.75, 3.05) is 6.61 Å². The van der Waals surface area contributed by atoms with Gasteiger partial charge in [-0.25, -0.2) is 4.79 Å². The van der Waals surface area contributed by atoms with Crippen molar-refractivity contribution in [2.45, 2.75) is 19.9 Å². The molecule has 1 saturated heterocycles. The molecule has 116 valence electrons. The molecule has 1 fully saturated rings. The minimum Gasteiger partial charge on any atom is -0.464 e. The number of nitrogens with zero attached hydrogens (tertiary/aromatic N) is 1. The summed E-state index contributed by atoms with van der Waals surface area (Å²) >= 11 is 4.16. The summed E-state index contributed by atoms with van der Waals surface area (Å²) in [5.41, 5.74) is 0.803. The highest BCUT2D eigenvalue weighted by atomic mass is 79.9. The Morgan fingerprint density at radius 1 is 1.36 bits per heavy atom. The molecule has 1 heterocycles. The number of hydrogen-bond acceptors (Lipinski definition) is 5. The summed E-state index contributed by atoms with van der Waals surface area (Å²) in [6.45, 7) is 3.36. The Bertz CT molecular complexity index is 641. The molecule has 1 aromatic carbocycles. The number of amides is 2. The fraction of sp³-hybridized carbons (Fsp3) is 0.267. The van der Waals surface area contributed by atoms with Crippen molar-refractivity contribution in [3.8, 4) is 0 Å². The molecule has 5 nitrogen and oxygen atoms in total. The molecule has 0 radical (unpaired) electrons. The number of esters is 1. The van der Waals surface area contributed by atoms with Gasteiger partial charge in [0.25, 0.3) is 11.1 Å². The first-order chi connectivity index (χ1) is 10.4. The highest BCUT2D eigenvalue weighted by Crippen LogP contribution is 2.33. The molecule has 1 aliphatic heterocycles. The van der Waals surface area contributed by atoms with Crippen LogP contribution in [0.5, 0.6) is 0 Å². The highest BCUT2D eigenvalue weighted by Gasteiger charge is 2.41. The van der Waals surface area contributed by atoms with Gasteiger partial charge in [0.05, 0.1) is 11.5 Å². The second-order valence-corrected chi connectivity index (χ2v) is 6.44. The van der Waals surface area contributed by atoms with E-state index in [1.54, 1.807) is 13.0 Å². The SMILES string of the molecule is CCOC(=O)[C@H](C)N1C(=O)S/C(=C/c2ccc(Br)cc2)C1=O. The van der Waals surface area contributed by atoms with E-state index in [4.69, 9.17) is 4.74 Å². The van der Waals surface area contributed by atoms with Gasteiger partial charge in [0.2, 0.25) is 0 Å². The second kappa shape index (κ2) is 7.11. The van der Waals surface area contributed by atoms with Gasteiger partial charge in [-0.1, -0.05) is 28.1 Å². The van der Waals surface area contributed by atoms with Gasteiger partial charge in [-0.15, -0.1) is 0 Å². The number of carbonyl (C=O) groups is 3. The monoisotopic (exact) mass is 383 g/mol. The Hall–Kier alpha value is -1.60. The van der Waals surface area contributed by atoms with Gasteiger partial charge >= 0.3 is 5.97 Å². The van der Waals surface area contributed by atoms with E-state index in [-0.39, 0.29) is 6.61 Å². The zero-order valence-corrected chi connectivity index (χ0v) is 14.4. The van der Waals surface area contributed by atoms with Gasteiger partial charge in [-0.05, 0) is 49.4 Å². The molecule has 0 saturated carbocycles. The first kappa shape index (κ1) is 16.8. The Balaban J connectivity index is 2.21. The first-order valence-corrected chi connectivity index (χ1v) is 8.24. The Labute approximate surface area is 140 Å². The number of ether oxygens (including phenoxy) is 1. The molecule has 0 N–H and O–H groups in total. The molecule has 0 aromatic heterocycles. The molecule has 0 aliphatic carbocycles. The number of carbonyl (C=O) groups excluding carboxylic acids is 3. The highest BCUT2D eigenvalue weighted by molar-refractivity contribution is 9.10. The van der Waals surface area contributed by atoms with Crippen LogP contribution in [0.1, 0.15) is 19.4 Å². The van der Waals surface area contributed by atoms with Gasteiger partial charge in [-0.3, -0.25) is 14.5 Å². The lowest BCUT2D eigenvalue weighted by atomic mass is 10.2. The number of imide groups is 1. The lowest BCUT2D eigenvalue weighted by molar-refractivity contribution is -0.150. The quantitative estimate of drug-likeness (QED) is 0.588. The van der Waals surface area contributed by atoms with Crippen LogP contribution in [-0.2, 0) is 14.3 Å². The average molecular weight is 384 g/mol. The van der Waals surface area contributed by atoms with Gasteiger partial charge in [-0.2, -0.15) is 0 Å². The maximum absolute atomic E-state index is 12.3. The summed E-state index contributed by atoms with van der Waals surface area (Å²) in [6, 6.07) is 6.41. The Kier molecular flexibility index (Phi) is 5.42. The van der Waals surface area contributed by atoms with Crippen LogP contribution in [-0.4, -0.2) is 34.7 Å². The first-order valence-electron chi connectivity index (χ1n) is 6.63. The number of hydrogen-bond donors (Lipinski definition) is 0. The zero-order chi connectivity index (χ0) is 16.3. The van der Waals surface area contributed by atoms with E-state index in [2.05, 4.69) is 15.9 Å². The number of halogens is 1. The summed E-state index contributed by atoms with van der Waals surface area (Å²) in [5, 5.41) is -0.464. The molecule has 1 aliphatic rings. The average Bonchev–Trinajstić information content (AvgIpc) is 2.75. The summed E-state index contributed by atoms with van der Waals surface area (Å²) in [4.78, 5) is 37.3. The molecule has 1 aromatic rings. The van der Waals surface area contributed by atoms with Gasteiger partial charge < -0.3 is 4.74 Å². The third-order valence-electron chi connectivity index (χ3n) is 3.01. The third kappa shape index (κ3) is 3.59. The maximum Gasteiger partial charge on any atom is 0.329 e. The van der Waals surface area contributed by atoms with Crippen LogP contribution in [0.25, 0.3) is 6.08 Å². The predicted octanol–water partition coefficient (Wildman–Crippen LogP) is 3.44. The van der Waals surface area contributed by atoms with E-state index < -0.39 is 23.2 Å². The number of rotatable bonds is 4. The van der Waals surface area contributed by atoms with Crippen LogP contribution in [0.2, 0.25) is 0 Å². The standard InChI is InChI=1S/C15H14BrNO4S/c1-3-21-14(19)9(2)17-13(18)12(22-15(17)20)8-10-4-6-11(16)7-5-10/h4-9H,3H2,1-2H3/b12-8+/t9-/m0/s1. The fourth-order valence-corrected chi connectivity index (χ4v) is 3.06. The zero-order valence-electron chi connectivity index (χ0n) is 12.0. The fourth-order valence-electron chi connectivity index (χ4n) is 1.89. The molecular weight excluding hydrogens is 370 g/mol. The molecule has 7 heteroatoms. The summed E-state index contributed by atoms with van der Waals surface area (Å²) in [7, 11) is 0. The van der Waals surface area contributed by atoms with E-state index in [1.165, 1.54) is 6.92 Å². The smallest absolute Gasteiger partial charge is 0.329 e. The molecule has 1 atom stereocenters. The summed E-state index contributed by atoms with van der Waals surface area (Å²) < 4.78 is 5.79. The van der Waals surface area contributed by atoms with Crippen molar-refractivity contribution in [3.05, 3.63) is 39.2 Å². The van der Waals surface area contributed by atoms with Crippen molar-refractivity contribution < 1.29 is 19.1 Å². The largest absolute Gasteiger partial charge is 0.464 e. The lowest BCUT2D eigenvalue weighted by Gasteiger charge is -2.19. The second-order valence-electron chi connectivity index (χ2n) is 4.53. The van der Waals surface area contributed by atoms with Crippen LogP contribution >= 0.6 is 27.7 Å². The molecule has 22 heavy (non-hydrogen) atoms. The molecule has 0 unspecified atom stereocenters. The van der Waals surface area contributed by atoms with E-state index in [0.29, 0.717) is 4.91 Å². The number of benzene rings is 1. The topological polar surface area (TPSA) is 63.7 Å². The van der Waals surface area contributed by atoms with E-state index in [1.807, 2.05) is 24.3 Å². The minimum absolute atomic E-state index is 0.203. The predicted molar refractivity (Wildman–Crippen MR) is 88.0 cm³/mol. The van der Waals surface area contributed by atoms with Crippen LogP contribution in [0.3, 0.4) is 0 Å². The Morgan fingerprint density at radius 2 is 2.00 bits per heavy atom. The molecule has 2 rings (SSSR count). The van der Waals surface area contributed by atoms with Gasteiger partial charge in [0, 0.05) is 4.47 Å². The molecule has 0 spiro atoms. The third-order valence-corrected chi connectivity index (χ3v) is 4.42. The molecule has 0 bridgehead atoms. The summed E-state index contributed by atoms with van der Waals surface area (Å²) in [5.74, 6) is -1.06. The Morgan fingerprint density at radius 3 is 2.59 bits per heavy atom. The van der Waals surface area contributed by atoms with E-state index in [9.17, 15) is 14.4 Å². The van der Waals surface area contributed by atoms with Gasteiger partial charge in [0.15, 0.2) is 0 Å². The van der Waals surface area contributed by atoms with Crippen LogP contribution in [0.15, 0.2) is 33.6 Å². The van der Waals surface area contributed by atoms with Crippen molar-refractivity contribution in [3.63, 3.8) is 0 Å². The molecule has 2 amide bonds. The van der Waals surface area contributed by atoms with E-state index >= 15 is 0 Å². The van der Waals surface area contributed by atoms with Crippen LogP contribution in [0, 0.1) is 0 Å². The van der Waals surface area contributed by atoms with Crippen molar-refractivity contribution >= 4 is 50.9 Å². The summed E-state index contributed by atoms with van der Waals surface area (Å²) in [6.07, 6.45) is 1.63. The van der Waals surface area contributed by atoms with Crippen LogP contribution < -0.4 is 0 Å². The van der Waals surface area contributed by atoms with Crippen molar-refractivity contribution in [2.24, 2.45) is 0 Å². The van der Waals surface area contributed by atoms with Crippen LogP contribution in [0.4, 0.5) is 4.79 Å². The maximum atomic E-state index is 12.3. The molecular formula is C15H14BrNO4S. The lowest BCUT2D eigenvalue weighted by Crippen LogP contribution is -2.42. The van der Waals surface area contributed by atoms with Crippen molar-refractivity contribution in [1.29, 1.82) is 0 Å². The minimum atomic E-state index is -0.928.